The van der Waals surface area contributed by atoms with E-state index in [2.05, 4.69) is 22.8 Å². The SMILES string of the molecule is CC1(OCC(=O)NCCCc2ccccc2)CNC1. The van der Waals surface area contributed by atoms with Gasteiger partial charge in [0, 0.05) is 19.6 Å². The molecule has 0 aromatic heterocycles. The highest BCUT2D eigenvalue weighted by Crippen LogP contribution is 2.14. The van der Waals surface area contributed by atoms with Crippen LogP contribution in [0.25, 0.3) is 0 Å². The van der Waals surface area contributed by atoms with Crippen molar-refractivity contribution in [2.75, 3.05) is 26.2 Å². The minimum atomic E-state index is -0.151. The zero-order chi connectivity index (χ0) is 13.6. The number of rotatable bonds is 7. The molecule has 0 spiro atoms. The lowest BCUT2D eigenvalue weighted by Crippen LogP contribution is -2.59. The van der Waals surface area contributed by atoms with Gasteiger partial charge in [0.1, 0.15) is 6.61 Å². The summed E-state index contributed by atoms with van der Waals surface area (Å²) in [6.45, 7) is 4.53. The standard InChI is InChI=1S/C15H22N2O2/c1-15(11-16-12-15)19-10-14(18)17-9-5-8-13-6-3-2-4-7-13/h2-4,6-7,16H,5,8-12H2,1H3,(H,17,18). The van der Waals surface area contributed by atoms with Crippen LogP contribution in [0.15, 0.2) is 30.3 Å². The molecule has 1 saturated heterocycles. The molecule has 0 radical (unpaired) electrons. The molecule has 2 N–H and O–H groups in total. The maximum atomic E-state index is 11.6. The molecule has 0 unspecified atom stereocenters. The monoisotopic (exact) mass is 262 g/mol. The van der Waals surface area contributed by atoms with E-state index in [-0.39, 0.29) is 18.1 Å². The number of ether oxygens (including phenoxy) is 1. The molecular formula is C15H22N2O2. The lowest BCUT2D eigenvalue weighted by molar-refractivity contribution is -0.135. The van der Waals surface area contributed by atoms with E-state index in [4.69, 9.17) is 4.74 Å². The number of hydrogen-bond acceptors (Lipinski definition) is 3. The fourth-order valence-electron chi connectivity index (χ4n) is 2.03. The van der Waals surface area contributed by atoms with Crippen LogP contribution >= 0.6 is 0 Å². The van der Waals surface area contributed by atoms with Gasteiger partial charge in [0.05, 0.1) is 5.60 Å². The lowest BCUT2D eigenvalue weighted by atomic mass is 10.0. The summed E-state index contributed by atoms with van der Waals surface area (Å²) in [5, 5.41) is 6.03. The van der Waals surface area contributed by atoms with Crippen LogP contribution in [0.4, 0.5) is 0 Å². The molecule has 4 nitrogen and oxygen atoms in total. The summed E-state index contributed by atoms with van der Waals surface area (Å²) in [5.41, 5.74) is 1.16. The van der Waals surface area contributed by atoms with Crippen molar-refractivity contribution in [1.29, 1.82) is 0 Å². The van der Waals surface area contributed by atoms with Crippen LogP contribution < -0.4 is 10.6 Å². The van der Waals surface area contributed by atoms with Gasteiger partial charge in [-0.25, -0.2) is 0 Å². The van der Waals surface area contributed by atoms with Crippen molar-refractivity contribution >= 4 is 5.91 Å². The highest BCUT2D eigenvalue weighted by Gasteiger charge is 2.32. The molecule has 1 aliphatic rings. The molecule has 104 valence electrons. The first-order valence-corrected chi connectivity index (χ1v) is 6.83. The predicted octanol–water partition coefficient (Wildman–Crippen LogP) is 1.11. The van der Waals surface area contributed by atoms with Gasteiger partial charge in [-0.05, 0) is 25.3 Å². The maximum absolute atomic E-state index is 11.6. The molecule has 1 heterocycles. The van der Waals surface area contributed by atoms with Crippen LogP contribution in [-0.2, 0) is 16.0 Å². The average molecular weight is 262 g/mol. The van der Waals surface area contributed by atoms with Crippen molar-refractivity contribution in [3.8, 4) is 0 Å². The second-order valence-electron chi connectivity index (χ2n) is 5.28. The van der Waals surface area contributed by atoms with E-state index in [1.54, 1.807) is 0 Å². The molecule has 1 aromatic rings. The van der Waals surface area contributed by atoms with Crippen molar-refractivity contribution < 1.29 is 9.53 Å². The molecule has 0 bridgehead atoms. The molecule has 1 aromatic carbocycles. The first kappa shape index (κ1) is 14.0. The minimum Gasteiger partial charge on any atom is -0.363 e. The molecule has 0 saturated carbocycles. The summed E-state index contributed by atoms with van der Waals surface area (Å²) in [6, 6.07) is 10.3. The van der Waals surface area contributed by atoms with E-state index in [1.165, 1.54) is 5.56 Å². The van der Waals surface area contributed by atoms with E-state index >= 15 is 0 Å². The summed E-state index contributed by atoms with van der Waals surface area (Å²) in [7, 11) is 0. The summed E-state index contributed by atoms with van der Waals surface area (Å²) >= 11 is 0. The van der Waals surface area contributed by atoms with Crippen molar-refractivity contribution in [3.63, 3.8) is 0 Å². The third-order valence-electron chi connectivity index (χ3n) is 3.36. The Labute approximate surface area is 114 Å². The third-order valence-corrected chi connectivity index (χ3v) is 3.36. The van der Waals surface area contributed by atoms with Gasteiger partial charge >= 0.3 is 0 Å². The smallest absolute Gasteiger partial charge is 0.246 e. The Hall–Kier alpha value is -1.39. The first-order valence-electron chi connectivity index (χ1n) is 6.83. The second kappa shape index (κ2) is 6.68. The molecule has 0 atom stereocenters. The molecule has 19 heavy (non-hydrogen) atoms. The average Bonchev–Trinajstić information content (AvgIpc) is 2.40. The Balaban J connectivity index is 1.54. The molecule has 2 rings (SSSR count). The minimum absolute atomic E-state index is 0.0267. The quantitative estimate of drug-likeness (QED) is 0.724. The van der Waals surface area contributed by atoms with E-state index < -0.39 is 0 Å². The van der Waals surface area contributed by atoms with Crippen molar-refractivity contribution in [3.05, 3.63) is 35.9 Å². The van der Waals surface area contributed by atoms with Gasteiger partial charge in [0.15, 0.2) is 0 Å². The summed E-state index contributed by atoms with van der Waals surface area (Å²) in [5.74, 6) is -0.0267. The number of carbonyl (C=O) groups excluding carboxylic acids is 1. The largest absolute Gasteiger partial charge is 0.363 e. The Morgan fingerprint density at radius 2 is 2.11 bits per heavy atom. The number of nitrogens with one attached hydrogen (secondary N) is 2. The van der Waals surface area contributed by atoms with E-state index in [0.717, 1.165) is 25.9 Å². The fraction of sp³-hybridized carbons (Fsp3) is 0.533. The van der Waals surface area contributed by atoms with Gasteiger partial charge < -0.3 is 15.4 Å². The van der Waals surface area contributed by atoms with Gasteiger partial charge in [0.25, 0.3) is 0 Å². The van der Waals surface area contributed by atoms with E-state index in [0.29, 0.717) is 6.54 Å². The highest BCUT2D eigenvalue weighted by atomic mass is 16.5. The van der Waals surface area contributed by atoms with E-state index in [9.17, 15) is 4.79 Å². The van der Waals surface area contributed by atoms with Crippen LogP contribution in [0.1, 0.15) is 18.9 Å². The van der Waals surface area contributed by atoms with Gasteiger partial charge in [-0.15, -0.1) is 0 Å². The van der Waals surface area contributed by atoms with Crippen LogP contribution in [-0.4, -0.2) is 37.7 Å². The Bertz CT molecular complexity index is 402. The van der Waals surface area contributed by atoms with Crippen molar-refractivity contribution in [2.24, 2.45) is 0 Å². The summed E-state index contributed by atoms with van der Waals surface area (Å²) in [6.07, 6.45) is 1.94. The molecule has 4 heteroatoms. The highest BCUT2D eigenvalue weighted by molar-refractivity contribution is 5.77. The van der Waals surface area contributed by atoms with Crippen LogP contribution in [0.2, 0.25) is 0 Å². The van der Waals surface area contributed by atoms with Crippen LogP contribution in [0, 0.1) is 0 Å². The molecular weight excluding hydrogens is 240 g/mol. The fourth-order valence-corrected chi connectivity index (χ4v) is 2.03. The molecule has 1 fully saturated rings. The summed E-state index contributed by atoms with van der Waals surface area (Å²) < 4.78 is 5.57. The Kier molecular flexibility index (Phi) is 4.93. The number of amides is 1. The van der Waals surface area contributed by atoms with Gasteiger partial charge in [-0.1, -0.05) is 30.3 Å². The lowest BCUT2D eigenvalue weighted by Gasteiger charge is -2.38. The Morgan fingerprint density at radius 1 is 1.37 bits per heavy atom. The van der Waals surface area contributed by atoms with Gasteiger partial charge in [0.2, 0.25) is 5.91 Å². The topological polar surface area (TPSA) is 50.4 Å². The first-order chi connectivity index (χ1) is 9.18. The number of benzene rings is 1. The summed E-state index contributed by atoms with van der Waals surface area (Å²) in [4.78, 5) is 11.6. The number of carbonyl (C=O) groups is 1. The van der Waals surface area contributed by atoms with Crippen molar-refractivity contribution in [1.82, 2.24) is 10.6 Å². The third kappa shape index (κ3) is 4.65. The molecule has 0 aliphatic carbocycles. The van der Waals surface area contributed by atoms with E-state index in [1.807, 2.05) is 25.1 Å². The number of hydrogen-bond donors (Lipinski definition) is 2. The number of aryl methyl sites for hydroxylation is 1. The van der Waals surface area contributed by atoms with Crippen molar-refractivity contribution in [2.45, 2.75) is 25.4 Å². The van der Waals surface area contributed by atoms with Gasteiger partial charge in [-0.3, -0.25) is 4.79 Å². The van der Waals surface area contributed by atoms with Gasteiger partial charge in [-0.2, -0.15) is 0 Å². The van der Waals surface area contributed by atoms with Crippen LogP contribution in [0.3, 0.4) is 0 Å². The molecule has 1 aliphatic heterocycles. The maximum Gasteiger partial charge on any atom is 0.246 e. The van der Waals surface area contributed by atoms with Crippen LogP contribution in [0.5, 0.6) is 0 Å². The Morgan fingerprint density at radius 3 is 2.74 bits per heavy atom. The normalized spacial score (nSPS) is 16.7. The zero-order valence-corrected chi connectivity index (χ0v) is 11.4. The second-order valence-corrected chi connectivity index (χ2v) is 5.28. The zero-order valence-electron chi connectivity index (χ0n) is 11.4. The predicted molar refractivity (Wildman–Crippen MR) is 75.0 cm³/mol. The molecule has 1 amide bonds.